The van der Waals surface area contributed by atoms with Crippen molar-refractivity contribution in [1.29, 1.82) is 0 Å². The van der Waals surface area contributed by atoms with Gasteiger partial charge in [-0.2, -0.15) is 0 Å². The predicted octanol–water partition coefficient (Wildman–Crippen LogP) is 6.56. The third kappa shape index (κ3) is 3.93. The minimum Gasteiger partial charge on any atom is -0.462 e. The molecule has 0 aliphatic rings. The highest BCUT2D eigenvalue weighted by Gasteiger charge is 2.21. The first-order chi connectivity index (χ1) is 12.1. The zero-order chi connectivity index (χ0) is 17.8. The van der Waals surface area contributed by atoms with Crippen LogP contribution in [-0.2, 0) is 10.1 Å². The Labute approximate surface area is 158 Å². The summed E-state index contributed by atoms with van der Waals surface area (Å²) >= 11 is 4.99. The van der Waals surface area contributed by atoms with Crippen molar-refractivity contribution >= 4 is 43.3 Å². The average Bonchev–Trinajstić information content (AvgIpc) is 3.01. The van der Waals surface area contributed by atoms with Crippen LogP contribution in [0.2, 0.25) is 0 Å². The summed E-state index contributed by atoms with van der Waals surface area (Å²) in [7, 11) is 0. The van der Waals surface area contributed by atoms with Gasteiger partial charge in [0.2, 0.25) is 0 Å². The van der Waals surface area contributed by atoms with Crippen molar-refractivity contribution in [2.45, 2.75) is 25.1 Å². The van der Waals surface area contributed by atoms with Crippen LogP contribution < -0.4 is 0 Å². The summed E-state index contributed by atoms with van der Waals surface area (Å²) in [6.45, 7) is 2.47. The highest BCUT2D eigenvalue weighted by molar-refractivity contribution is 9.08. The number of unbranched alkanes of at least 4 members (excludes halogenated alkanes) is 1. The van der Waals surface area contributed by atoms with Crippen LogP contribution in [0.15, 0.2) is 42.5 Å². The first kappa shape index (κ1) is 18.1. The summed E-state index contributed by atoms with van der Waals surface area (Å²) in [5, 5.41) is 1.61. The molecule has 0 radical (unpaired) electrons. The topological polar surface area (TPSA) is 26.3 Å². The van der Waals surface area contributed by atoms with Gasteiger partial charge in [0, 0.05) is 15.4 Å². The van der Waals surface area contributed by atoms with E-state index in [-0.39, 0.29) is 11.8 Å². The summed E-state index contributed by atoms with van der Waals surface area (Å²) in [5.41, 5.74) is 2.49. The molecule has 2 aromatic carbocycles. The lowest BCUT2D eigenvalue weighted by Gasteiger charge is -2.07. The van der Waals surface area contributed by atoms with Gasteiger partial charge < -0.3 is 4.74 Å². The van der Waals surface area contributed by atoms with E-state index >= 15 is 0 Å². The van der Waals surface area contributed by atoms with Crippen molar-refractivity contribution in [2.24, 2.45) is 0 Å². The summed E-state index contributed by atoms with van der Waals surface area (Å²) in [6.07, 6.45) is 1.81. The number of carbonyl (C=O) groups excluding carboxylic acids is 1. The maximum absolute atomic E-state index is 13.3. The number of hydrogen-bond donors (Lipinski definition) is 0. The summed E-state index contributed by atoms with van der Waals surface area (Å²) in [6, 6.07) is 12.3. The maximum Gasteiger partial charge on any atom is 0.340 e. The van der Waals surface area contributed by atoms with Gasteiger partial charge in [-0.1, -0.05) is 47.5 Å². The number of ether oxygens (including phenoxy) is 1. The molecule has 25 heavy (non-hydrogen) atoms. The van der Waals surface area contributed by atoms with E-state index in [1.807, 2.05) is 18.2 Å². The van der Waals surface area contributed by atoms with Crippen LogP contribution in [0.1, 0.15) is 35.7 Å². The number of alkyl halides is 1. The van der Waals surface area contributed by atoms with E-state index in [0.29, 0.717) is 12.2 Å². The monoisotopic (exact) mass is 420 g/mol. The van der Waals surface area contributed by atoms with Gasteiger partial charge in [-0.3, -0.25) is 0 Å². The normalized spacial score (nSPS) is 11.0. The van der Waals surface area contributed by atoms with Gasteiger partial charge in [0.25, 0.3) is 0 Å². The highest BCUT2D eigenvalue weighted by atomic mass is 79.9. The fraction of sp³-hybridized carbons (Fsp3) is 0.250. The molecule has 1 heterocycles. The Morgan fingerprint density at radius 3 is 2.64 bits per heavy atom. The minimum atomic E-state index is -0.314. The SMILES string of the molecule is CCCCOC(=O)c1c(-c2ccc(F)cc2)sc2ccc(CBr)cc12. The standard InChI is InChI=1S/C20H18BrFO2S/c1-2-3-10-24-20(23)18-16-11-13(12-21)4-9-17(16)25-19(18)14-5-7-15(22)8-6-14/h4-9,11H,2-3,10,12H2,1H3. The molecule has 0 atom stereocenters. The van der Waals surface area contributed by atoms with Crippen LogP contribution >= 0.6 is 27.3 Å². The Kier molecular flexibility index (Phi) is 5.86. The second-order valence-corrected chi connectivity index (χ2v) is 7.38. The van der Waals surface area contributed by atoms with Gasteiger partial charge in [0.1, 0.15) is 5.82 Å². The Bertz CT molecular complexity index is 887. The van der Waals surface area contributed by atoms with Crippen LogP contribution in [0.5, 0.6) is 0 Å². The molecule has 0 bridgehead atoms. The molecule has 0 fully saturated rings. The molecular weight excluding hydrogens is 403 g/mol. The van der Waals surface area contributed by atoms with Crippen molar-refractivity contribution in [3.8, 4) is 10.4 Å². The minimum absolute atomic E-state index is 0.293. The fourth-order valence-corrected chi connectivity index (χ4v) is 4.14. The zero-order valence-electron chi connectivity index (χ0n) is 13.9. The van der Waals surface area contributed by atoms with Crippen LogP contribution in [0.25, 0.3) is 20.5 Å². The Morgan fingerprint density at radius 2 is 1.96 bits per heavy atom. The zero-order valence-corrected chi connectivity index (χ0v) is 16.3. The highest BCUT2D eigenvalue weighted by Crippen LogP contribution is 2.39. The summed E-state index contributed by atoms with van der Waals surface area (Å²) in [4.78, 5) is 13.6. The number of esters is 1. The largest absolute Gasteiger partial charge is 0.462 e. The third-order valence-electron chi connectivity index (χ3n) is 3.95. The molecule has 0 amide bonds. The second kappa shape index (κ2) is 8.11. The lowest BCUT2D eigenvalue weighted by atomic mass is 10.0. The van der Waals surface area contributed by atoms with E-state index < -0.39 is 0 Å². The summed E-state index contributed by atoms with van der Waals surface area (Å²) < 4.78 is 19.8. The molecule has 0 saturated carbocycles. The average molecular weight is 421 g/mol. The van der Waals surface area contributed by atoms with E-state index in [2.05, 4.69) is 22.9 Å². The second-order valence-electron chi connectivity index (χ2n) is 5.77. The van der Waals surface area contributed by atoms with Crippen molar-refractivity contribution in [2.75, 3.05) is 6.61 Å². The van der Waals surface area contributed by atoms with Crippen molar-refractivity contribution in [3.63, 3.8) is 0 Å². The molecule has 3 aromatic rings. The third-order valence-corrected chi connectivity index (χ3v) is 5.82. The maximum atomic E-state index is 13.3. The number of thiophene rings is 1. The molecule has 0 aliphatic carbocycles. The number of halogens is 2. The first-order valence-corrected chi connectivity index (χ1v) is 10.1. The molecule has 0 N–H and O–H groups in total. The molecule has 130 valence electrons. The molecule has 5 heteroatoms. The van der Waals surface area contributed by atoms with Crippen LogP contribution in [-0.4, -0.2) is 12.6 Å². The van der Waals surface area contributed by atoms with Crippen LogP contribution in [0.3, 0.4) is 0 Å². The molecule has 0 spiro atoms. The quantitative estimate of drug-likeness (QED) is 0.256. The lowest BCUT2D eigenvalue weighted by Crippen LogP contribution is -2.07. The van der Waals surface area contributed by atoms with E-state index in [1.165, 1.54) is 23.5 Å². The van der Waals surface area contributed by atoms with Gasteiger partial charge in [0.05, 0.1) is 17.0 Å². The Morgan fingerprint density at radius 1 is 1.20 bits per heavy atom. The van der Waals surface area contributed by atoms with Crippen molar-refractivity contribution < 1.29 is 13.9 Å². The van der Waals surface area contributed by atoms with Gasteiger partial charge in [-0.15, -0.1) is 11.3 Å². The van der Waals surface area contributed by atoms with E-state index in [1.54, 1.807) is 12.1 Å². The molecule has 0 aliphatic heterocycles. The lowest BCUT2D eigenvalue weighted by molar-refractivity contribution is 0.0503. The van der Waals surface area contributed by atoms with Crippen molar-refractivity contribution in [3.05, 3.63) is 59.4 Å². The van der Waals surface area contributed by atoms with Crippen LogP contribution in [0, 0.1) is 5.82 Å². The number of benzene rings is 2. The smallest absolute Gasteiger partial charge is 0.340 e. The van der Waals surface area contributed by atoms with Gasteiger partial charge in [-0.25, -0.2) is 9.18 Å². The van der Waals surface area contributed by atoms with Gasteiger partial charge in [-0.05, 0) is 41.8 Å². The molecule has 0 unspecified atom stereocenters. The molecule has 1 aromatic heterocycles. The number of hydrogen-bond acceptors (Lipinski definition) is 3. The first-order valence-electron chi connectivity index (χ1n) is 8.18. The molecular formula is C20H18BrFO2S. The molecule has 3 rings (SSSR count). The van der Waals surface area contributed by atoms with Gasteiger partial charge >= 0.3 is 5.97 Å². The fourth-order valence-electron chi connectivity index (χ4n) is 2.62. The van der Waals surface area contributed by atoms with Crippen LogP contribution in [0.4, 0.5) is 4.39 Å². The molecule has 0 saturated heterocycles. The number of carbonyl (C=O) groups is 1. The van der Waals surface area contributed by atoms with E-state index in [9.17, 15) is 9.18 Å². The predicted molar refractivity (Wildman–Crippen MR) is 105 cm³/mol. The van der Waals surface area contributed by atoms with Crippen molar-refractivity contribution in [1.82, 2.24) is 0 Å². The Balaban J connectivity index is 2.12. The molecule has 2 nitrogen and oxygen atoms in total. The number of fused-ring (bicyclic) bond motifs is 1. The summed E-state index contributed by atoms with van der Waals surface area (Å²) in [5.74, 6) is -0.607. The van der Waals surface area contributed by atoms with E-state index in [4.69, 9.17) is 4.74 Å². The van der Waals surface area contributed by atoms with Gasteiger partial charge in [0.15, 0.2) is 0 Å². The number of rotatable bonds is 6. The Hall–Kier alpha value is -1.72. The van der Waals surface area contributed by atoms with E-state index in [0.717, 1.165) is 44.3 Å².